The highest BCUT2D eigenvalue weighted by Crippen LogP contribution is 2.22. The molecule has 1 rings (SSSR count). The molecule has 10 heavy (non-hydrogen) atoms. The number of aliphatic hydroxyl groups excluding tert-OH is 2. The minimum absolute atomic E-state index is 0.215. The minimum Gasteiger partial charge on any atom is -0.396 e. The van der Waals surface area contributed by atoms with E-state index in [1.807, 2.05) is 12.2 Å². The number of rotatable bonds is 2. The molecule has 2 atom stereocenters. The van der Waals surface area contributed by atoms with Crippen molar-refractivity contribution in [1.82, 2.24) is 0 Å². The van der Waals surface area contributed by atoms with Crippen LogP contribution in [0.15, 0.2) is 12.2 Å². The molecule has 0 spiro atoms. The van der Waals surface area contributed by atoms with Gasteiger partial charge in [-0.2, -0.15) is 0 Å². The van der Waals surface area contributed by atoms with Crippen LogP contribution in [0.1, 0.15) is 12.8 Å². The maximum Gasteiger partial charge on any atom is 0.0493 e. The van der Waals surface area contributed by atoms with Gasteiger partial charge in [-0.1, -0.05) is 12.2 Å². The summed E-state index contributed by atoms with van der Waals surface area (Å²) in [6.45, 7) is 0.466. The Morgan fingerprint density at radius 3 is 2.70 bits per heavy atom. The molecule has 2 unspecified atom stereocenters. The van der Waals surface area contributed by atoms with E-state index in [1.165, 1.54) is 0 Å². The van der Waals surface area contributed by atoms with Gasteiger partial charge in [0.15, 0.2) is 0 Å². The van der Waals surface area contributed by atoms with E-state index in [9.17, 15) is 0 Å². The Morgan fingerprint density at radius 2 is 2.10 bits per heavy atom. The third-order valence-electron chi connectivity index (χ3n) is 2.01. The van der Waals surface area contributed by atoms with Gasteiger partial charge in [-0.15, -0.1) is 0 Å². The monoisotopic (exact) mass is 142 g/mol. The van der Waals surface area contributed by atoms with Crippen LogP contribution < -0.4 is 0 Å². The van der Waals surface area contributed by atoms with Crippen molar-refractivity contribution in [2.75, 3.05) is 13.2 Å². The highest BCUT2D eigenvalue weighted by Gasteiger charge is 2.15. The van der Waals surface area contributed by atoms with E-state index in [1.54, 1.807) is 0 Å². The lowest BCUT2D eigenvalue weighted by molar-refractivity contribution is 0.173. The van der Waals surface area contributed by atoms with Crippen molar-refractivity contribution in [2.24, 2.45) is 11.8 Å². The van der Waals surface area contributed by atoms with Crippen LogP contribution in [-0.2, 0) is 0 Å². The predicted molar refractivity (Wildman–Crippen MR) is 39.5 cm³/mol. The molecule has 1 aliphatic rings. The van der Waals surface area contributed by atoms with Crippen LogP contribution in [0.5, 0.6) is 0 Å². The Morgan fingerprint density at radius 1 is 1.30 bits per heavy atom. The Balaban J connectivity index is 2.38. The van der Waals surface area contributed by atoms with Gasteiger partial charge in [0.25, 0.3) is 0 Å². The first kappa shape index (κ1) is 7.76. The molecule has 1 aliphatic carbocycles. The van der Waals surface area contributed by atoms with Gasteiger partial charge in [0.05, 0.1) is 0 Å². The molecule has 0 aliphatic heterocycles. The fourth-order valence-corrected chi connectivity index (χ4v) is 1.35. The zero-order valence-corrected chi connectivity index (χ0v) is 6.03. The highest BCUT2D eigenvalue weighted by molar-refractivity contribution is 4.95. The van der Waals surface area contributed by atoms with Gasteiger partial charge < -0.3 is 10.2 Å². The lowest BCUT2D eigenvalue weighted by atomic mass is 9.88. The van der Waals surface area contributed by atoms with E-state index < -0.39 is 0 Å². The van der Waals surface area contributed by atoms with E-state index in [2.05, 4.69) is 0 Å². The molecule has 0 saturated heterocycles. The summed E-state index contributed by atoms with van der Waals surface area (Å²) in [6.07, 6.45) is 5.98. The van der Waals surface area contributed by atoms with Gasteiger partial charge in [0, 0.05) is 19.1 Å². The molecule has 0 amide bonds. The molecule has 2 heteroatoms. The second-order valence-electron chi connectivity index (χ2n) is 2.89. The summed E-state index contributed by atoms with van der Waals surface area (Å²) in [4.78, 5) is 0. The first-order valence-electron chi connectivity index (χ1n) is 3.75. The van der Waals surface area contributed by atoms with Crippen LogP contribution in [0.25, 0.3) is 0 Å². The van der Waals surface area contributed by atoms with Crippen LogP contribution in [0.2, 0.25) is 0 Å². The average molecular weight is 142 g/mol. The van der Waals surface area contributed by atoms with E-state index in [4.69, 9.17) is 10.2 Å². The van der Waals surface area contributed by atoms with Crippen molar-refractivity contribution in [2.45, 2.75) is 12.8 Å². The Labute approximate surface area is 61.2 Å². The lowest BCUT2D eigenvalue weighted by Gasteiger charge is -2.20. The summed E-state index contributed by atoms with van der Waals surface area (Å²) in [5, 5.41) is 17.6. The summed E-state index contributed by atoms with van der Waals surface area (Å²) in [5.41, 5.74) is 0. The Kier molecular flexibility index (Phi) is 2.90. The third kappa shape index (κ3) is 1.82. The Hall–Kier alpha value is -0.340. The maximum atomic E-state index is 8.79. The van der Waals surface area contributed by atoms with Gasteiger partial charge in [-0.25, -0.2) is 0 Å². The van der Waals surface area contributed by atoms with Crippen LogP contribution in [0.4, 0.5) is 0 Å². The molecule has 0 aromatic rings. The molecule has 0 heterocycles. The van der Waals surface area contributed by atoms with Crippen molar-refractivity contribution in [3.63, 3.8) is 0 Å². The highest BCUT2D eigenvalue weighted by atomic mass is 16.3. The van der Waals surface area contributed by atoms with Crippen molar-refractivity contribution >= 4 is 0 Å². The molecule has 0 bridgehead atoms. The summed E-state index contributed by atoms with van der Waals surface area (Å²) < 4.78 is 0. The molecule has 58 valence electrons. The number of aliphatic hydroxyl groups is 2. The summed E-state index contributed by atoms with van der Waals surface area (Å²) in [7, 11) is 0. The number of hydrogen-bond donors (Lipinski definition) is 2. The fourth-order valence-electron chi connectivity index (χ4n) is 1.35. The smallest absolute Gasteiger partial charge is 0.0493 e. The van der Waals surface area contributed by atoms with Crippen LogP contribution in [0.3, 0.4) is 0 Å². The Bertz CT molecular complexity index is 120. The topological polar surface area (TPSA) is 40.5 Å². The average Bonchev–Trinajstić information content (AvgIpc) is 2.05. The molecule has 0 radical (unpaired) electrons. The normalized spacial score (nSPS) is 32.6. The second-order valence-corrected chi connectivity index (χ2v) is 2.89. The van der Waals surface area contributed by atoms with Crippen molar-refractivity contribution < 1.29 is 10.2 Å². The van der Waals surface area contributed by atoms with Gasteiger partial charge in [-0.3, -0.25) is 0 Å². The van der Waals surface area contributed by atoms with Crippen molar-refractivity contribution in [3.8, 4) is 0 Å². The second kappa shape index (κ2) is 3.74. The summed E-state index contributed by atoms with van der Waals surface area (Å²) >= 11 is 0. The molecule has 2 N–H and O–H groups in total. The first-order chi connectivity index (χ1) is 4.86. The molecular formula is C8H14O2. The zero-order valence-electron chi connectivity index (χ0n) is 6.03. The quantitative estimate of drug-likeness (QED) is 0.553. The number of hydrogen-bond acceptors (Lipinski definition) is 2. The standard InChI is InChI=1S/C8H14O2/c9-5-7-2-1-3-8(4-7)6-10/h1-2,7-10H,3-6H2. The largest absolute Gasteiger partial charge is 0.396 e. The van der Waals surface area contributed by atoms with E-state index in [0.717, 1.165) is 12.8 Å². The van der Waals surface area contributed by atoms with Crippen molar-refractivity contribution in [1.29, 1.82) is 0 Å². The maximum absolute atomic E-state index is 8.79. The predicted octanol–water partition coefficient (Wildman–Crippen LogP) is 0.553. The number of allylic oxidation sites excluding steroid dienone is 1. The minimum atomic E-state index is 0.215. The summed E-state index contributed by atoms with van der Waals surface area (Å²) in [6, 6.07) is 0. The summed E-state index contributed by atoms with van der Waals surface area (Å²) in [5.74, 6) is 0.660. The van der Waals surface area contributed by atoms with Gasteiger partial charge in [0.2, 0.25) is 0 Å². The van der Waals surface area contributed by atoms with Crippen LogP contribution >= 0.6 is 0 Å². The van der Waals surface area contributed by atoms with Gasteiger partial charge in [0.1, 0.15) is 0 Å². The molecular weight excluding hydrogens is 128 g/mol. The zero-order chi connectivity index (χ0) is 7.40. The van der Waals surface area contributed by atoms with Crippen LogP contribution in [0, 0.1) is 11.8 Å². The first-order valence-corrected chi connectivity index (χ1v) is 3.75. The molecule has 0 fully saturated rings. The van der Waals surface area contributed by atoms with Crippen LogP contribution in [-0.4, -0.2) is 23.4 Å². The lowest BCUT2D eigenvalue weighted by Crippen LogP contribution is -2.16. The van der Waals surface area contributed by atoms with Gasteiger partial charge in [-0.05, 0) is 18.8 Å². The van der Waals surface area contributed by atoms with E-state index >= 15 is 0 Å². The third-order valence-corrected chi connectivity index (χ3v) is 2.01. The molecule has 0 aromatic carbocycles. The molecule has 2 nitrogen and oxygen atoms in total. The molecule has 0 saturated carbocycles. The molecule has 0 aromatic heterocycles. The fraction of sp³-hybridized carbons (Fsp3) is 0.750. The van der Waals surface area contributed by atoms with E-state index in [0.29, 0.717) is 5.92 Å². The van der Waals surface area contributed by atoms with Crippen molar-refractivity contribution in [3.05, 3.63) is 12.2 Å². The van der Waals surface area contributed by atoms with Gasteiger partial charge >= 0.3 is 0 Å². The van der Waals surface area contributed by atoms with E-state index in [-0.39, 0.29) is 19.1 Å². The SMILES string of the molecule is OCC1C=CCC(CO)C1.